The number of aromatic nitrogens is 3. The van der Waals surface area contributed by atoms with Crippen molar-refractivity contribution >= 4 is 34.7 Å². The van der Waals surface area contributed by atoms with Gasteiger partial charge in [-0.2, -0.15) is 4.98 Å². The van der Waals surface area contributed by atoms with Crippen molar-refractivity contribution in [2.75, 3.05) is 43.0 Å². The highest BCUT2D eigenvalue weighted by atomic mass is 19.1. The minimum absolute atomic E-state index is 0.0972. The Labute approximate surface area is 207 Å². The number of carbonyl (C=O) groups excluding carboxylic acids is 2. The second kappa shape index (κ2) is 9.96. The van der Waals surface area contributed by atoms with Gasteiger partial charge in [-0.1, -0.05) is 0 Å². The number of fused-ring (bicyclic) bond motifs is 1. The normalized spacial score (nSPS) is 14.2. The van der Waals surface area contributed by atoms with Crippen LogP contribution < -0.4 is 15.0 Å². The van der Waals surface area contributed by atoms with Crippen LogP contribution >= 0.6 is 0 Å². The van der Waals surface area contributed by atoms with E-state index in [-0.39, 0.29) is 40.9 Å². The number of benzene rings is 1. The second-order valence-electron chi connectivity index (χ2n) is 9.27. The number of nitrogens with zero attached hydrogens (tertiary/aromatic N) is 5. The van der Waals surface area contributed by atoms with E-state index in [1.807, 2.05) is 25.7 Å². The summed E-state index contributed by atoms with van der Waals surface area (Å²) in [5, 5.41) is 2.64. The fourth-order valence-electron chi connectivity index (χ4n) is 3.70. The van der Waals surface area contributed by atoms with E-state index in [1.165, 1.54) is 18.3 Å². The van der Waals surface area contributed by atoms with E-state index in [2.05, 4.69) is 20.3 Å². The lowest BCUT2D eigenvalue weighted by Crippen LogP contribution is -2.50. The fraction of sp³-hybridized carbons (Fsp3) is 0.458. The van der Waals surface area contributed by atoms with E-state index >= 15 is 0 Å². The summed E-state index contributed by atoms with van der Waals surface area (Å²) < 4.78 is 30.8. The summed E-state index contributed by atoms with van der Waals surface area (Å²) in [5.41, 5.74) is 0.0592. The van der Waals surface area contributed by atoms with Crippen LogP contribution in [0.3, 0.4) is 0 Å². The Kier molecular flexibility index (Phi) is 6.95. The number of oxazole rings is 1. The van der Waals surface area contributed by atoms with Crippen LogP contribution in [0.4, 0.5) is 20.8 Å². The molecule has 3 heterocycles. The van der Waals surface area contributed by atoms with Crippen molar-refractivity contribution in [3.63, 3.8) is 0 Å². The van der Waals surface area contributed by atoms with E-state index in [9.17, 15) is 14.0 Å². The zero-order valence-corrected chi connectivity index (χ0v) is 20.9. The maximum atomic E-state index is 14.4. The molecule has 12 heteroatoms. The smallest absolute Gasteiger partial charge is 0.410 e. The molecule has 1 aliphatic heterocycles. The molecule has 1 saturated heterocycles. The van der Waals surface area contributed by atoms with Crippen LogP contribution in [0.25, 0.3) is 11.1 Å². The molecule has 0 atom stereocenters. The molecule has 1 aromatic carbocycles. The van der Waals surface area contributed by atoms with Gasteiger partial charge in [0, 0.05) is 51.1 Å². The quantitative estimate of drug-likeness (QED) is 0.557. The van der Waals surface area contributed by atoms with E-state index in [1.54, 1.807) is 18.7 Å². The molecule has 1 aliphatic rings. The predicted molar refractivity (Wildman–Crippen MR) is 130 cm³/mol. The minimum Gasteiger partial charge on any atom is -0.477 e. The molecule has 3 aromatic rings. The van der Waals surface area contributed by atoms with Gasteiger partial charge in [0.2, 0.25) is 11.8 Å². The van der Waals surface area contributed by atoms with Crippen LogP contribution in [0.2, 0.25) is 0 Å². The van der Waals surface area contributed by atoms with E-state index < -0.39 is 17.3 Å². The largest absolute Gasteiger partial charge is 0.477 e. The molecule has 0 unspecified atom stereocenters. The molecule has 0 bridgehead atoms. The summed E-state index contributed by atoms with van der Waals surface area (Å²) in [6.45, 7) is 11.0. The molecule has 4 rings (SSSR count). The topological polar surface area (TPSA) is 123 Å². The van der Waals surface area contributed by atoms with Crippen LogP contribution in [0.15, 0.2) is 22.7 Å². The molecule has 1 fully saturated rings. The first kappa shape index (κ1) is 25.1. The van der Waals surface area contributed by atoms with Crippen LogP contribution in [0, 0.1) is 12.7 Å². The predicted octanol–water partition coefficient (Wildman–Crippen LogP) is 3.77. The monoisotopic (exact) mass is 500 g/mol. The first-order valence-corrected chi connectivity index (χ1v) is 11.6. The number of piperazine rings is 1. The lowest BCUT2D eigenvalue weighted by molar-refractivity contribution is 0.0240. The Morgan fingerprint density at radius 3 is 2.56 bits per heavy atom. The summed E-state index contributed by atoms with van der Waals surface area (Å²) >= 11 is 0. The van der Waals surface area contributed by atoms with Crippen molar-refractivity contribution in [1.82, 2.24) is 19.9 Å². The molecule has 2 amide bonds. The number of aryl methyl sites for hydroxylation is 1. The molecule has 2 aromatic heterocycles. The zero-order chi connectivity index (χ0) is 26.0. The molecule has 0 aliphatic carbocycles. The molecule has 1 N–H and O–H groups in total. The average Bonchev–Trinajstić information content (AvgIpc) is 3.19. The summed E-state index contributed by atoms with van der Waals surface area (Å²) in [7, 11) is 0. The van der Waals surface area contributed by atoms with Gasteiger partial charge in [-0.25, -0.2) is 19.2 Å². The first-order chi connectivity index (χ1) is 17.0. The minimum atomic E-state index is -0.609. The van der Waals surface area contributed by atoms with Gasteiger partial charge in [0.1, 0.15) is 16.7 Å². The number of amides is 2. The van der Waals surface area contributed by atoms with Gasteiger partial charge in [-0.15, -0.1) is 0 Å². The number of anilines is 2. The standard InChI is InChI=1S/C24H29FN6O5/c1-6-34-21-16(20(32)28-15-11-17(25)19-18(12-15)35-14(2)27-19)13-26-22(29-21)30-7-9-31(10-8-30)23(33)36-24(3,4)5/h11-13H,6-10H2,1-5H3,(H,28,32). The molecule has 0 radical (unpaired) electrons. The van der Waals surface area contributed by atoms with Crippen molar-refractivity contribution in [3.8, 4) is 5.88 Å². The highest BCUT2D eigenvalue weighted by molar-refractivity contribution is 6.06. The van der Waals surface area contributed by atoms with Gasteiger partial charge in [0.15, 0.2) is 17.3 Å². The molecule has 0 spiro atoms. The maximum absolute atomic E-state index is 14.4. The Bertz CT molecular complexity index is 1280. The van der Waals surface area contributed by atoms with Crippen LogP contribution in [-0.4, -0.2) is 70.2 Å². The number of rotatable bonds is 5. The van der Waals surface area contributed by atoms with Crippen LogP contribution in [0.5, 0.6) is 5.88 Å². The molecule has 36 heavy (non-hydrogen) atoms. The third kappa shape index (κ3) is 5.64. The number of nitrogens with one attached hydrogen (secondary N) is 1. The summed E-state index contributed by atoms with van der Waals surface area (Å²) in [6, 6.07) is 2.66. The SMILES string of the molecule is CCOc1nc(N2CCN(C(=O)OC(C)(C)C)CC2)ncc1C(=O)Nc1cc(F)c2nc(C)oc2c1. The molecule has 192 valence electrons. The van der Waals surface area contributed by atoms with Gasteiger partial charge in [0.05, 0.1) is 6.61 Å². The van der Waals surface area contributed by atoms with Gasteiger partial charge in [-0.05, 0) is 33.8 Å². The summed E-state index contributed by atoms with van der Waals surface area (Å²) in [4.78, 5) is 41.6. The van der Waals surface area contributed by atoms with Crippen LogP contribution in [-0.2, 0) is 4.74 Å². The average molecular weight is 501 g/mol. The highest BCUT2D eigenvalue weighted by Gasteiger charge is 2.28. The van der Waals surface area contributed by atoms with Crippen molar-refractivity contribution in [1.29, 1.82) is 0 Å². The summed E-state index contributed by atoms with van der Waals surface area (Å²) in [6.07, 6.45) is 1.01. The fourth-order valence-corrected chi connectivity index (χ4v) is 3.70. The van der Waals surface area contributed by atoms with Crippen molar-refractivity contribution in [3.05, 3.63) is 35.6 Å². The second-order valence-corrected chi connectivity index (χ2v) is 9.27. The third-order valence-electron chi connectivity index (χ3n) is 5.29. The third-order valence-corrected chi connectivity index (χ3v) is 5.29. The van der Waals surface area contributed by atoms with Gasteiger partial charge in [-0.3, -0.25) is 4.79 Å². The number of halogens is 1. The van der Waals surface area contributed by atoms with Crippen molar-refractivity contribution in [2.24, 2.45) is 0 Å². The van der Waals surface area contributed by atoms with Gasteiger partial charge >= 0.3 is 6.09 Å². The zero-order valence-electron chi connectivity index (χ0n) is 20.9. The number of carbonyl (C=O) groups is 2. The van der Waals surface area contributed by atoms with Gasteiger partial charge < -0.3 is 29.0 Å². The lowest BCUT2D eigenvalue weighted by atomic mass is 10.2. The van der Waals surface area contributed by atoms with Crippen molar-refractivity contribution < 1.29 is 27.9 Å². The summed E-state index contributed by atoms with van der Waals surface area (Å²) in [5.74, 6) is -0.367. The Morgan fingerprint density at radius 1 is 1.17 bits per heavy atom. The lowest BCUT2D eigenvalue weighted by Gasteiger charge is -2.35. The van der Waals surface area contributed by atoms with E-state index in [4.69, 9.17) is 13.9 Å². The number of ether oxygens (including phenoxy) is 2. The van der Waals surface area contributed by atoms with Crippen molar-refractivity contribution in [2.45, 2.75) is 40.2 Å². The Balaban J connectivity index is 1.47. The van der Waals surface area contributed by atoms with Gasteiger partial charge in [0.25, 0.3) is 5.91 Å². The molecule has 11 nitrogen and oxygen atoms in total. The van der Waals surface area contributed by atoms with Crippen LogP contribution in [0.1, 0.15) is 43.9 Å². The van der Waals surface area contributed by atoms with E-state index in [0.717, 1.165) is 0 Å². The van der Waals surface area contributed by atoms with E-state index in [0.29, 0.717) is 38.0 Å². The maximum Gasteiger partial charge on any atom is 0.410 e. The Hall–Kier alpha value is -3.96. The first-order valence-electron chi connectivity index (χ1n) is 11.6. The molecule has 0 saturated carbocycles. The number of hydrogen-bond donors (Lipinski definition) is 1. The molecular weight excluding hydrogens is 471 g/mol. The Morgan fingerprint density at radius 2 is 1.89 bits per heavy atom. The molecular formula is C24H29FN6O5. The highest BCUT2D eigenvalue weighted by Crippen LogP contribution is 2.26. The number of hydrogen-bond acceptors (Lipinski definition) is 9.